The van der Waals surface area contributed by atoms with Gasteiger partial charge in [-0.1, -0.05) is 44.2 Å². The van der Waals surface area contributed by atoms with Gasteiger partial charge in [0, 0.05) is 25.2 Å². The molecule has 1 fully saturated rings. The second-order valence-electron chi connectivity index (χ2n) is 7.42. The molecule has 0 spiro atoms. The predicted octanol–water partition coefficient (Wildman–Crippen LogP) is 2.35. The summed E-state index contributed by atoms with van der Waals surface area (Å²) in [4.78, 5) is 17.4. The Balaban J connectivity index is 1.63. The van der Waals surface area contributed by atoms with Crippen molar-refractivity contribution in [1.82, 2.24) is 19.5 Å². The van der Waals surface area contributed by atoms with Crippen molar-refractivity contribution in [3.8, 4) is 10.4 Å². The van der Waals surface area contributed by atoms with Crippen LogP contribution in [-0.2, 0) is 15.0 Å². The summed E-state index contributed by atoms with van der Waals surface area (Å²) in [5, 5.41) is 9.87. The monoisotopic (exact) mass is 438 g/mol. The molecular weight excluding hydrogens is 412 g/mol. The Morgan fingerprint density at radius 3 is 2.48 bits per heavy atom. The highest BCUT2D eigenvalue weighted by molar-refractivity contribution is 7.87. The predicted molar refractivity (Wildman–Crippen MR) is 112 cm³/mol. The summed E-state index contributed by atoms with van der Waals surface area (Å²) < 4.78 is 29.1. The maximum absolute atomic E-state index is 12.7. The van der Waals surface area contributed by atoms with Gasteiger partial charge in [0.2, 0.25) is 0 Å². The Morgan fingerprint density at radius 2 is 1.90 bits per heavy atom. The Bertz CT molecular complexity index is 923. The van der Waals surface area contributed by atoms with E-state index < -0.39 is 22.2 Å². The van der Waals surface area contributed by atoms with E-state index in [1.54, 1.807) is 25.2 Å². The Morgan fingerprint density at radius 1 is 1.24 bits per heavy atom. The average Bonchev–Trinajstić information content (AvgIpc) is 3.22. The fourth-order valence-corrected chi connectivity index (χ4v) is 5.99. The van der Waals surface area contributed by atoms with E-state index in [0.717, 1.165) is 15.4 Å². The van der Waals surface area contributed by atoms with E-state index in [9.17, 15) is 13.2 Å². The molecule has 1 saturated heterocycles. The maximum atomic E-state index is 12.7. The lowest BCUT2D eigenvalue weighted by Crippen LogP contribution is -2.54. The Labute approximate surface area is 175 Å². The normalized spacial score (nSPS) is 17.4. The minimum absolute atomic E-state index is 0.213. The lowest BCUT2D eigenvalue weighted by Gasteiger charge is -2.32. The molecule has 1 atom stereocenters. The number of hydrogen-bond acceptors (Lipinski definition) is 6. The van der Waals surface area contributed by atoms with Gasteiger partial charge in [-0.3, -0.25) is 10.0 Å². The van der Waals surface area contributed by atoms with Gasteiger partial charge in [0.1, 0.15) is 6.04 Å². The van der Waals surface area contributed by atoms with Crippen molar-refractivity contribution in [3.63, 3.8) is 0 Å². The van der Waals surface area contributed by atoms with E-state index in [-0.39, 0.29) is 11.8 Å². The van der Waals surface area contributed by atoms with Crippen molar-refractivity contribution in [2.45, 2.75) is 38.6 Å². The van der Waals surface area contributed by atoms with Crippen molar-refractivity contribution in [3.05, 3.63) is 41.5 Å². The molecule has 0 bridgehead atoms. The van der Waals surface area contributed by atoms with Crippen molar-refractivity contribution >= 4 is 27.5 Å². The van der Waals surface area contributed by atoms with E-state index in [2.05, 4.69) is 9.71 Å². The number of hydrogen-bond donors (Lipinski definition) is 3. The van der Waals surface area contributed by atoms with Gasteiger partial charge in [0.25, 0.3) is 16.1 Å². The lowest BCUT2D eigenvalue weighted by atomic mass is 9.99. The number of piperidine rings is 1. The van der Waals surface area contributed by atoms with Gasteiger partial charge in [-0.2, -0.15) is 17.4 Å². The number of nitrogens with zero attached hydrogens (tertiary/aromatic N) is 2. The number of amides is 1. The van der Waals surface area contributed by atoms with Crippen LogP contribution in [0.15, 0.2) is 36.5 Å². The van der Waals surface area contributed by atoms with Crippen molar-refractivity contribution in [2.24, 2.45) is 5.92 Å². The molecule has 29 heavy (non-hydrogen) atoms. The summed E-state index contributed by atoms with van der Waals surface area (Å²) in [5.74, 6) is -0.860. The molecule has 3 rings (SSSR count). The first-order valence-corrected chi connectivity index (χ1v) is 11.8. The van der Waals surface area contributed by atoms with Crippen LogP contribution in [0, 0.1) is 5.92 Å². The number of rotatable bonds is 7. The highest BCUT2D eigenvalue weighted by Gasteiger charge is 2.34. The molecule has 2 heterocycles. The van der Waals surface area contributed by atoms with Crippen molar-refractivity contribution in [1.29, 1.82) is 0 Å². The third kappa shape index (κ3) is 5.20. The average molecular weight is 439 g/mol. The SMILES string of the molecule is CC(C)[C@@H](NS(=O)(=O)N1CCC(c2ncc(-c3ccccc3)s2)CC1)C(=O)NO. The van der Waals surface area contributed by atoms with Crippen LogP contribution in [0.5, 0.6) is 0 Å². The maximum Gasteiger partial charge on any atom is 0.280 e. The molecule has 1 aromatic heterocycles. The second kappa shape index (κ2) is 9.31. The van der Waals surface area contributed by atoms with Crippen LogP contribution in [-0.4, -0.2) is 48.0 Å². The van der Waals surface area contributed by atoms with E-state index in [1.165, 1.54) is 9.79 Å². The van der Waals surface area contributed by atoms with E-state index >= 15 is 0 Å². The van der Waals surface area contributed by atoms with Crippen LogP contribution in [0.2, 0.25) is 0 Å². The number of nitrogens with one attached hydrogen (secondary N) is 2. The minimum Gasteiger partial charge on any atom is -0.289 e. The van der Waals surface area contributed by atoms with E-state index in [4.69, 9.17) is 5.21 Å². The van der Waals surface area contributed by atoms with Crippen molar-refractivity contribution < 1.29 is 18.4 Å². The van der Waals surface area contributed by atoms with E-state index in [0.29, 0.717) is 25.9 Å². The zero-order valence-electron chi connectivity index (χ0n) is 16.4. The summed E-state index contributed by atoms with van der Waals surface area (Å²) in [6.07, 6.45) is 3.21. The number of thiazole rings is 1. The molecule has 0 saturated carbocycles. The molecule has 0 radical (unpaired) electrons. The molecule has 0 unspecified atom stereocenters. The third-order valence-electron chi connectivity index (χ3n) is 5.06. The zero-order valence-corrected chi connectivity index (χ0v) is 18.0. The smallest absolute Gasteiger partial charge is 0.280 e. The summed E-state index contributed by atoms with van der Waals surface area (Å²) in [5.41, 5.74) is 2.65. The lowest BCUT2D eigenvalue weighted by molar-refractivity contribution is -0.131. The van der Waals surface area contributed by atoms with Crippen LogP contribution >= 0.6 is 11.3 Å². The summed E-state index contributed by atoms with van der Waals surface area (Å²) >= 11 is 1.65. The molecule has 10 heteroatoms. The molecule has 0 aliphatic carbocycles. The first-order valence-electron chi connectivity index (χ1n) is 9.54. The summed E-state index contributed by atoms with van der Waals surface area (Å²) in [6.45, 7) is 4.13. The third-order valence-corrected chi connectivity index (χ3v) is 7.87. The standard InChI is InChI=1S/C19H26N4O4S2/c1-13(2)17(18(24)21-25)22-29(26,27)23-10-8-15(9-11-23)19-20-12-16(28-19)14-6-4-3-5-7-14/h3-7,12-13,15,17,22,25H,8-11H2,1-2H3,(H,21,24)/t17-/m1/s1. The zero-order chi connectivity index (χ0) is 21.0. The highest BCUT2D eigenvalue weighted by Crippen LogP contribution is 2.35. The van der Waals surface area contributed by atoms with Gasteiger partial charge in [-0.25, -0.2) is 10.5 Å². The van der Waals surface area contributed by atoms with Crippen molar-refractivity contribution in [2.75, 3.05) is 13.1 Å². The van der Waals surface area contributed by atoms with Gasteiger partial charge >= 0.3 is 0 Å². The first kappa shape index (κ1) is 21.8. The highest BCUT2D eigenvalue weighted by atomic mass is 32.2. The van der Waals surface area contributed by atoms with Crippen LogP contribution < -0.4 is 10.2 Å². The summed E-state index contributed by atoms with van der Waals surface area (Å²) in [6, 6.07) is 9.02. The fourth-order valence-electron chi connectivity index (χ4n) is 3.35. The summed E-state index contributed by atoms with van der Waals surface area (Å²) in [7, 11) is -3.83. The molecule has 3 N–H and O–H groups in total. The van der Waals surface area contributed by atoms with Gasteiger partial charge in [-0.15, -0.1) is 11.3 Å². The van der Waals surface area contributed by atoms with Gasteiger partial charge in [-0.05, 0) is 24.3 Å². The minimum atomic E-state index is -3.83. The largest absolute Gasteiger partial charge is 0.289 e. The Hall–Kier alpha value is -1.85. The number of carbonyl (C=O) groups is 1. The van der Waals surface area contributed by atoms with E-state index in [1.807, 2.05) is 36.5 Å². The molecule has 1 amide bonds. The van der Waals surface area contributed by atoms with Gasteiger partial charge in [0.05, 0.1) is 9.88 Å². The molecule has 158 valence electrons. The van der Waals surface area contributed by atoms with Crippen LogP contribution in [0.3, 0.4) is 0 Å². The quantitative estimate of drug-likeness (QED) is 0.454. The Kier molecular flexibility index (Phi) is 7.01. The molecular formula is C19H26N4O4S2. The van der Waals surface area contributed by atoms with Crippen LogP contribution in [0.4, 0.5) is 0 Å². The number of hydroxylamine groups is 1. The number of benzene rings is 1. The fraction of sp³-hybridized carbons (Fsp3) is 0.474. The van der Waals surface area contributed by atoms with Crippen LogP contribution in [0.25, 0.3) is 10.4 Å². The topological polar surface area (TPSA) is 112 Å². The second-order valence-corrected chi connectivity index (χ2v) is 10.2. The van der Waals surface area contributed by atoms with Crippen LogP contribution in [0.1, 0.15) is 37.6 Å². The molecule has 1 aliphatic rings. The molecule has 8 nitrogen and oxygen atoms in total. The number of carbonyl (C=O) groups excluding carboxylic acids is 1. The van der Waals surface area contributed by atoms with Gasteiger partial charge in [0.15, 0.2) is 0 Å². The molecule has 1 aromatic carbocycles. The molecule has 1 aliphatic heterocycles. The molecule has 2 aromatic rings. The van der Waals surface area contributed by atoms with Gasteiger partial charge < -0.3 is 0 Å². The number of aromatic nitrogens is 1. The first-order chi connectivity index (χ1) is 13.8.